The lowest BCUT2D eigenvalue weighted by atomic mass is 10.1. The predicted molar refractivity (Wildman–Crippen MR) is 72.4 cm³/mol. The van der Waals surface area contributed by atoms with Gasteiger partial charge in [-0.1, -0.05) is 6.92 Å². The van der Waals surface area contributed by atoms with E-state index in [9.17, 15) is 9.59 Å². The third kappa shape index (κ3) is 5.75. The number of carbonyl (C=O) groups excluding carboxylic acids is 1. The molecule has 20 heavy (non-hydrogen) atoms. The summed E-state index contributed by atoms with van der Waals surface area (Å²) in [7, 11) is 0. The van der Waals surface area contributed by atoms with Gasteiger partial charge in [0.2, 0.25) is 0 Å². The molecule has 3 unspecified atom stereocenters. The summed E-state index contributed by atoms with van der Waals surface area (Å²) >= 11 is 0. The fraction of sp³-hybridized carbons (Fsp3) is 0.846. The highest BCUT2D eigenvalue weighted by Gasteiger charge is 2.27. The molecule has 0 bridgehead atoms. The molecule has 0 saturated carbocycles. The van der Waals surface area contributed by atoms with E-state index in [-0.39, 0.29) is 37.2 Å². The van der Waals surface area contributed by atoms with Gasteiger partial charge in [-0.15, -0.1) is 0 Å². The highest BCUT2D eigenvalue weighted by atomic mass is 16.5. The van der Waals surface area contributed by atoms with Crippen molar-refractivity contribution < 1.29 is 24.5 Å². The minimum atomic E-state index is -0.823. The van der Waals surface area contributed by atoms with Crippen molar-refractivity contribution in [1.29, 1.82) is 0 Å². The molecule has 2 amide bonds. The predicted octanol–water partition coefficient (Wildman–Crippen LogP) is 0.279. The lowest BCUT2D eigenvalue weighted by molar-refractivity contribution is -0.137. The second kappa shape index (κ2) is 8.06. The number of carbonyl (C=O) groups is 2. The molecule has 7 heteroatoms. The van der Waals surface area contributed by atoms with Gasteiger partial charge in [-0.05, 0) is 19.3 Å². The summed E-state index contributed by atoms with van der Waals surface area (Å²) in [4.78, 5) is 24.1. The first kappa shape index (κ1) is 16.7. The number of urea groups is 1. The van der Waals surface area contributed by atoms with Gasteiger partial charge in [-0.25, -0.2) is 4.79 Å². The number of hydrogen-bond acceptors (Lipinski definition) is 4. The Balaban J connectivity index is 2.32. The van der Waals surface area contributed by atoms with Crippen molar-refractivity contribution in [3.8, 4) is 0 Å². The standard InChI is InChI=1S/C13H24N2O5/c1-9(3-4-12(17)18)5-14-13(19)15-6-10(2)20-11(7-15)8-16/h9-11,16H,3-8H2,1-2H3,(H,14,19)(H,17,18). The van der Waals surface area contributed by atoms with Crippen molar-refractivity contribution in [2.75, 3.05) is 26.2 Å². The second-order valence-electron chi connectivity index (χ2n) is 5.38. The first-order valence-corrected chi connectivity index (χ1v) is 6.93. The van der Waals surface area contributed by atoms with E-state index in [2.05, 4.69) is 5.32 Å². The van der Waals surface area contributed by atoms with Crippen LogP contribution >= 0.6 is 0 Å². The van der Waals surface area contributed by atoms with Gasteiger partial charge >= 0.3 is 12.0 Å². The zero-order chi connectivity index (χ0) is 15.1. The number of carboxylic acid groups (broad SMARTS) is 1. The molecule has 0 aromatic carbocycles. The van der Waals surface area contributed by atoms with Crippen LogP contribution in [-0.2, 0) is 9.53 Å². The van der Waals surface area contributed by atoms with Crippen LogP contribution in [0.2, 0.25) is 0 Å². The van der Waals surface area contributed by atoms with Crippen molar-refractivity contribution >= 4 is 12.0 Å². The molecule has 1 rings (SSSR count). The SMILES string of the molecule is CC(CCC(=O)O)CNC(=O)N1CC(C)OC(CO)C1. The summed E-state index contributed by atoms with van der Waals surface area (Å²) < 4.78 is 5.47. The number of rotatable bonds is 6. The minimum Gasteiger partial charge on any atom is -0.481 e. The number of morpholine rings is 1. The Labute approximate surface area is 118 Å². The normalized spacial score (nSPS) is 24.2. The summed E-state index contributed by atoms with van der Waals surface area (Å²) in [6, 6.07) is -0.194. The third-order valence-electron chi connectivity index (χ3n) is 3.27. The molecule has 1 aliphatic rings. The number of nitrogens with zero attached hydrogens (tertiary/aromatic N) is 1. The van der Waals surface area contributed by atoms with Crippen LogP contribution in [0.25, 0.3) is 0 Å². The number of aliphatic hydroxyl groups excluding tert-OH is 1. The Kier molecular flexibility index (Phi) is 6.74. The first-order chi connectivity index (χ1) is 9.42. The quantitative estimate of drug-likeness (QED) is 0.652. The monoisotopic (exact) mass is 288 g/mol. The summed E-state index contributed by atoms with van der Waals surface area (Å²) in [6.07, 6.45) is 0.206. The van der Waals surface area contributed by atoms with Crippen LogP contribution in [0.15, 0.2) is 0 Å². The number of aliphatic hydroxyl groups is 1. The molecule has 3 atom stereocenters. The molecular formula is C13H24N2O5. The summed E-state index contributed by atoms with van der Waals surface area (Å²) in [5.41, 5.74) is 0. The van der Waals surface area contributed by atoms with E-state index in [1.807, 2.05) is 13.8 Å². The van der Waals surface area contributed by atoms with E-state index in [1.54, 1.807) is 4.90 Å². The Bertz CT molecular complexity index is 337. The number of aliphatic carboxylic acids is 1. The van der Waals surface area contributed by atoms with E-state index >= 15 is 0 Å². The average molecular weight is 288 g/mol. The summed E-state index contributed by atoms with van der Waals surface area (Å²) in [5.74, 6) is -0.710. The van der Waals surface area contributed by atoms with Crippen LogP contribution in [0.1, 0.15) is 26.7 Å². The maximum atomic E-state index is 12.0. The molecule has 0 aromatic heterocycles. The van der Waals surface area contributed by atoms with Gasteiger partial charge in [-0.2, -0.15) is 0 Å². The Morgan fingerprint density at radius 1 is 1.45 bits per heavy atom. The van der Waals surface area contributed by atoms with Gasteiger partial charge in [0, 0.05) is 19.5 Å². The molecule has 116 valence electrons. The molecule has 7 nitrogen and oxygen atoms in total. The van der Waals surface area contributed by atoms with Crippen LogP contribution in [0.3, 0.4) is 0 Å². The molecule has 0 spiro atoms. The van der Waals surface area contributed by atoms with Gasteiger partial charge < -0.3 is 25.2 Å². The molecule has 1 heterocycles. The number of nitrogens with one attached hydrogen (secondary N) is 1. The number of carboxylic acids is 1. The molecular weight excluding hydrogens is 264 g/mol. The van der Waals surface area contributed by atoms with Gasteiger partial charge in [0.15, 0.2) is 0 Å². The van der Waals surface area contributed by atoms with Crippen molar-refractivity contribution in [2.45, 2.75) is 38.9 Å². The molecule has 3 N–H and O–H groups in total. The topological polar surface area (TPSA) is 99.1 Å². The van der Waals surface area contributed by atoms with Gasteiger partial charge in [0.1, 0.15) is 0 Å². The molecule has 1 saturated heterocycles. The average Bonchev–Trinajstić information content (AvgIpc) is 2.41. The van der Waals surface area contributed by atoms with E-state index in [0.717, 1.165) is 0 Å². The Morgan fingerprint density at radius 2 is 2.15 bits per heavy atom. The zero-order valence-electron chi connectivity index (χ0n) is 12.0. The molecule has 0 aromatic rings. The lowest BCUT2D eigenvalue weighted by Gasteiger charge is -2.36. The van der Waals surface area contributed by atoms with Gasteiger partial charge in [-0.3, -0.25) is 4.79 Å². The minimum absolute atomic E-state index is 0.101. The highest BCUT2D eigenvalue weighted by molar-refractivity contribution is 5.74. The smallest absolute Gasteiger partial charge is 0.317 e. The largest absolute Gasteiger partial charge is 0.481 e. The number of hydrogen-bond donors (Lipinski definition) is 3. The van der Waals surface area contributed by atoms with E-state index in [0.29, 0.717) is 26.1 Å². The van der Waals surface area contributed by atoms with Crippen molar-refractivity contribution in [2.24, 2.45) is 5.92 Å². The maximum absolute atomic E-state index is 12.0. The maximum Gasteiger partial charge on any atom is 0.317 e. The Hall–Kier alpha value is -1.34. The van der Waals surface area contributed by atoms with Gasteiger partial charge in [0.05, 0.1) is 25.4 Å². The highest BCUT2D eigenvalue weighted by Crippen LogP contribution is 2.11. The fourth-order valence-corrected chi connectivity index (χ4v) is 2.16. The van der Waals surface area contributed by atoms with Crippen molar-refractivity contribution in [3.63, 3.8) is 0 Å². The summed E-state index contributed by atoms with van der Waals surface area (Å²) in [5, 5.41) is 20.5. The molecule has 0 radical (unpaired) electrons. The first-order valence-electron chi connectivity index (χ1n) is 6.93. The molecule has 0 aliphatic carbocycles. The lowest BCUT2D eigenvalue weighted by Crippen LogP contribution is -2.53. The van der Waals surface area contributed by atoms with Gasteiger partial charge in [0.25, 0.3) is 0 Å². The zero-order valence-corrected chi connectivity index (χ0v) is 12.0. The number of amides is 2. The fourth-order valence-electron chi connectivity index (χ4n) is 2.16. The van der Waals surface area contributed by atoms with E-state index < -0.39 is 5.97 Å². The van der Waals surface area contributed by atoms with Crippen molar-refractivity contribution in [1.82, 2.24) is 10.2 Å². The second-order valence-corrected chi connectivity index (χ2v) is 5.38. The summed E-state index contributed by atoms with van der Waals surface area (Å²) in [6.45, 7) is 4.96. The van der Waals surface area contributed by atoms with Crippen LogP contribution in [0.5, 0.6) is 0 Å². The molecule has 1 fully saturated rings. The third-order valence-corrected chi connectivity index (χ3v) is 3.27. The number of ether oxygens (including phenoxy) is 1. The molecule has 1 aliphatic heterocycles. The van der Waals surface area contributed by atoms with Crippen LogP contribution in [0.4, 0.5) is 4.79 Å². The van der Waals surface area contributed by atoms with Crippen LogP contribution in [0, 0.1) is 5.92 Å². The van der Waals surface area contributed by atoms with Crippen LogP contribution < -0.4 is 5.32 Å². The Morgan fingerprint density at radius 3 is 2.75 bits per heavy atom. The van der Waals surface area contributed by atoms with E-state index in [1.165, 1.54) is 0 Å². The van der Waals surface area contributed by atoms with E-state index in [4.69, 9.17) is 14.9 Å². The van der Waals surface area contributed by atoms with Crippen LogP contribution in [-0.4, -0.2) is 65.6 Å². The van der Waals surface area contributed by atoms with Crippen molar-refractivity contribution in [3.05, 3.63) is 0 Å².